The number of carboxylic acid groups (broad SMARTS) is 1. The summed E-state index contributed by atoms with van der Waals surface area (Å²) >= 11 is 0. The van der Waals surface area contributed by atoms with Crippen molar-refractivity contribution < 1.29 is 19.5 Å². The highest BCUT2D eigenvalue weighted by atomic mass is 16.4. The van der Waals surface area contributed by atoms with Crippen molar-refractivity contribution in [1.82, 2.24) is 5.32 Å². The second-order valence-electron chi connectivity index (χ2n) is 9.23. The van der Waals surface area contributed by atoms with Crippen molar-refractivity contribution >= 4 is 34.2 Å². The first-order valence-electron chi connectivity index (χ1n) is 10.6. The summed E-state index contributed by atoms with van der Waals surface area (Å²) in [4.78, 5) is 40.5. The zero-order valence-corrected chi connectivity index (χ0v) is 18.3. The minimum atomic E-state index is -1.17. The van der Waals surface area contributed by atoms with E-state index in [-0.39, 0.29) is 0 Å². The molecule has 3 aromatic rings. The lowest BCUT2D eigenvalue weighted by Gasteiger charge is -2.37. The normalized spacial score (nSPS) is 21.0. The number of carbonyl (C=O) groups excluding carboxylic acids is 2. The Balaban J connectivity index is 1.71. The van der Waals surface area contributed by atoms with E-state index in [0.29, 0.717) is 11.3 Å². The van der Waals surface area contributed by atoms with E-state index in [9.17, 15) is 19.5 Å². The van der Waals surface area contributed by atoms with E-state index in [0.717, 1.165) is 10.8 Å². The standard InChI is InChI=1S/C26H26N2O4/c1-26(2,3)22-20(25(31)32)21(24(30)28(22)19-11-5-4-6-12-19)27-23(29)18-14-13-16-9-7-8-10-17(16)15-18/h4-15,20-22H,1-3H3,(H,27,29)(H,31,32). The van der Waals surface area contributed by atoms with Crippen LogP contribution >= 0.6 is 0 Å². The molecule has 3 unspecified atom stereocenters. The number of benzene rings is 3. The van der Waals surface area contributed by atoms with Crippen LogP contribution in [0.5, 0.6) is 0 Å². The molecule has 3 atom stereocenters. The van der Waals surface area contributed by atoms with Crippen molar-refractivity contribution in [2.24, 2.45) is 11.3 Å². The monoisotopic (exact) mass is 430 g/mol. The average Bonchev–Trinajstić information content (AvgIpc) is 3.06. The SMILES string of the molecule is CC(C)(C)C1C(C(=O)O)C(NC(=O)c2ccc3ccccc3c2)C(=O)N1c1ccccc1. The third kappa shape index (κ3) is 3.84. The molecule has 0 saturated carbocycles. The van der Waals surface area contributed by atoms with Gasteiger partial charge in [0.1, 0.15) is 12.0 Å². The van der Waals surface area contributed by atoms with Gasteiger partial charge >= 0.3 is 5.97 Å². The van der Waals surface area contributed by atoms with E-state index in [4.69, 9.17) is 0 Å². The summed E-state index contributed by atoms with van der Waals surface area (Å²) in [5, 5.41) is 14.7. The Hall–Kier alpha value is -3.67. The highest BCUT2D eigenvalue weighted by molar-refractivity contribution is 6.08. The van der Waals surface area contributed by atoms with Crippen LogP contribution < -0.4 is 10.2 Å². The zero-order valence-electron chi connectivity index (χ0n) is 18.3. The van der Waals surface area contributed by atoms with Crippen molar-refractivity contribution in [2.75, 3.05) is 4.90 Å². The number of rotatable bonds is 4. The maximum absolute atomic E-state index is 13.5. The molecular formula is C26H26N2O4. The first-order valence-corrected chi connectivity index (χ1v) is 10.6. The molecule has 3 aromatic carbocycles. The van der Waals surface area contributed by atoms with Gasteiger partial charge < -0.3 is 15.3 Å². The molecule has 0 bridgehead atoms. The number of aliphatic carboxylic acids is 1. The fourth-order valence-corrected chi connectivity index (χ4v) is 4.57. The fraction of sp³-hybridized carbons (Fsp3) is 0.269. The smallest absolute Gasteiger partial charge is 0.311 e. The number of nitrogens with zero attached hydrogens (tertiary/aromatic N) is 1. The Morgan fingerprint density at radius 3 is 2.16 bits per heavy atom. The van der Waals surface area contributed by atoms with Crippen LogP contribution in [-0.4, -0.2) is 35.0 Å². The highest BCUT2D eigenvalue weighted by Crippen LogP contribution is 2.41. The predicted molar refractivity (Wildman–Crippen MR) is 123 cm³/mol. The zero-order chi connectivity index (χ0) is 23.0. The van der Waals surface area contributed by atoms with Gasteiger partial charge in [-0.1, -0.05) is 69.3 Å². The molecule has 32 heavy (non-hydrogen) atoms. The van der Waals surface area contributed by atoms with Gasteiger partial charge in [0.25, 0.3) is 11.8 Å². The van der Waals surface area contributed by atoms with Crippen LogP contribution in [0.2, 0.25) is 0 Å². The van der Waals surface area contributed by atoms with Gasteiger partial charge in [-0.15, -0.1) is 0 Å². The van der Waals surface area contributed by atoms with Gasteiger partial charge in [-0.25, -0.2) is 0 Å². The van der Waals surface area contributed by atoms with Crippen LogP contribution in [0, 0.1) is 11.3 Å². The lowest BCUT2D eigenvalue weighted by molar-refractivity contribution is -0.144. The molecule has 1 fully saturated rings. The Kier molecular flexibility index (Phi) is 5.46. The van der Waals surface area contributed by atoms with Crippen LogP contribution in [0.1, 0.15) is 31.1 Å². The largest absolute Gasteiger partial charge is 0.481 e. The number of anilines is 1. The number of carbonyl (C=O) groups is 3. The van der Waals surface area contributed by atoms with Crippen molar-refractivity contribution in [3.8, 4) is 0 Å². The number of carboxylic acids is 1. The lowest BCUT2D eigenvalue weighted by Crippen LogP contribution is -2.48. The molecule has 1 aliphatic rings. The molecular weight excluding hydrogens is 404 g/mol. The summed E-state index contributed by atoms with van der Waals surface area (Å²) in [6.45, 7) is 5.72. The summed E-state index contributed by atoms with van der Waals surface area (Å²) in [7, 11) is 0. The van der Waals surface area contributed by atoms with Crippen molar-refractivity contribution in [2.45, 2.75) is 32.9 Å². The molecule has 1 saturated heterocycles. The van der Waals surface area contributed by atoms with Crippen LogP contribution in [0.3, 0.4) is 0 Å². The molecule has 0 radical (unpaired) electrons. The Bertz CT molecular complexity index is 1180. The number of nitrogens with one attached hydrogen (secondary N) is 1. The minimum Gasteiger partial charge on any atom is -0.481 e. The third-order valence-corrected chi connectivity index (χ3v) is 5.99. The molecule has 2 N–H and O–H groups in total. The average molecular weight is 431 g/mol. The molecule has 6 nitrogen and oxygen atoms in total. The molecule has 6 heteroatoms. The topological polar surface area (TPSA) is 86.7 Å². The van der Waals surface area contributed by atoms with Gasteiger partial charge in [0, 0.05) is 11.3 Å². The molecule has 0 aromatic heterocycles. The Labute approximate surface area is 186 Å². The summed E-state index contributed by atoms with van der Waals surface area (Å²) < 4.78 is 0. The summed E-state index contributed by atoms with van der Waals surface area (Å²) in [5.41, 5.74) is 0.467. The Morgan fingerprint density at radius 2 is 1.53 bits per heavy atom. The Morgan fingerprint density at radius 1 is 0.906 bits per heavy atom. The van der Waals surface area contributed by atoms with Gasteiger partial charge in [-0.3, -0.25) is 14.4 Å². The molecule has 0 aliphatic carbocycles. The molecule has 2 amide bonds. The van der Waals surface area contributed by atoms with E-state index >= 15 is 0 Å². The van der Waals surface area contributed by atoms with E-state index in [1.54, 1.807) is 36.4 Å². The number of para-hydroxylation sites is 1. The van der Waals surface area contributed by atoms with Crippen molar-refractivity contribution in [3.63, 3.8) is 0 Å². The summed E-state index contributed by atoms with van der Waals surface area (Å²) in [6.07, 6.45) is 0. The van der Waals surface area contributed by atoms with Gasteiger partial charge in [0.15, 0.2) is 0 Å². The van der Waals surface area contributed by atoms with Gasteiger partial charge in [-0.2, -0.15) is 0 Å². The fourth-order valence-electron chi connectivity index (χ4n) is 4.57. The summed E-state index contributed by atoms with van der Waals surface area (Å²) in [5.74, 6) is -3.09. The number of amides is 2. The molecule has 1 aliphatic heterocycles. The van der Waals surface area contributed by atoms with Gasteiger partial charge in [0.2, 0.25) is 0 Å². The quantitative estimate of drug-likeness (QED) is 0.652. The maximum atomic E-state index is 13.5. The van der Waals surface area contributed by atoms with Crippen LogP contribution in [0.15, 0.2) is 72.8 Å². The lowest BCUT2D eigenvalue weighted by atomic mass is 9.78. The van der Waals surface area contributed by atoms with E-state index < -0.39 is 41.2 Å². The van der Waals surface area contributed by atoms with Crippen LogP contribution in [0.25, 0.3) is 10.8 Å². The molecule has 1 heterocycles. The van der Waals surface area contributed by atoms with Gasteiger partial charge in [0.05, 0.1) is 6.04 Å². The van der Waals surface area contributed by atoms with Crippen molar-refractivity contribution in [1.29, 1.82) is 0 Å². The second kappa shape index (κ2) is 8.11. The second-order valence-corrected chi connectivity index (χ2v) is 9.23. The summed E-state index contributed by atoms with van der Waals surface area (Å²) in [6, 6.07) is 20.1. The molecule has 4 rings (SSSR count). The predicted octanol–water partition coefficient (Wildman–Crippen LogP) is 4.10. The number of hydrogen-bond acceptors (Lipinski definition) is 3. The van der Waals surface area contributed by atoms with E-state index in [1.807, 2.05) is 57.2 Å². The number of hydrogen-bond donors (Lipinski definition) is 2. The molecule has 0 spiro atoms. The van der Waals surface area contributed by atoms with Crippen molar-refractivity contribution in [3.05, 3.63) is 78.4 Å². The van der Waals surface area contributed by atoms with Crippen LogP contribution in [0.4, 0.5) is 5.69 Å². The minimum absolute atomic E-state index is 0.381. The van der Waals surface area contributed by atoms with E-state index in [2.05, 4.69) is 5.32 Å². The first kappa shape index (κ1) is 21.6. The maximum Gasteiger partial charge on any atom is 0.311 e. The van der Waals surface area contributed by atoms with E-state index in [1.165, 1.54) is 4.90 Å². The first-order chi connectivity index (χ1) is 15.2. The highest BCUT2D eigenvalue weighted by Gasteiger charge is 2.56. The van der Waals surface area contributed by atoms with Crippen LogP contribution in [-0.2, 0) is 9.59 Å². The number of fused-ring (bicyclic) bond motifs is 1. The molecule has 164 valence electrons. The third-order valence-electron chi connectivity index (χ3n) is 5.99. The van der Waals surface area contributed by atoms with Gasteiger partial charge in [-0.05, 0) is 40.5 Å².